The Morgan fingerprint density at radius 2 is 2.06 bits per heavy atom. The van der Waals surface area contributed by atoms with E-state index in [0.29, 0.717) is 5.56 Å². The number of hydrazine groups is 1. The SMILES string of the molecule is CNNC(=O)C(C)(C)c1cc(Br)ccc1F. The van der Waals surface area contributed by atoms with Gasteiger partial charge in [0.05, 0.1) is 5.41 Å². The summed E-state index contributed by atoms with van der Waals surface area (Å²) in [6.45, 7) is 3.34. The van der Waals surface area contributed by atoms with Gasteiger partial charge < -0.3 is 0 Å². The average molecular weight is 289 g/mol. The first-order chi connectivity index (χ1) is 7.39. The molecule has 0 spiro atoms. The Morgan fingerprint density at radius 1 is 1.44 bits per heavy atom. The molecule has 0 bridgehead atoms. The van der Waals surface area contributed by atoms with E-state index in [1.807, 2.05) is 0 Å². The van der Waals surface area contributed by atoms with Crippen LogP contribution in [0, 0.1) is 5.82 Å². The van der Waals surface area contributed by atoms with Gasteiger partial charge in [0.2, 0.25) is 5.91 Å². The maximum Gasteiger partial charge on any atom is 0.244 e. The van der Waals surface area contributed by atoms with Crippen molar-refractivity contribution in [3.63, 3.8) is 0 Å². The monoisotopic (exact) mass is 288 g/mol. The number of amides is 1. The van der Waals surface area contributed by atoms with Gasteiger partial charge in [0, 0.05) is 17.1 Å². The van der Waals surface area contributed by atoms with Crippen LogP contribution in [-0.2, 0) is 10.2 Å². The highest BCUT2D eigenvalue weighted by molar-refractivity contribution is 9.10. The van der Waals surface area contributed by atoms with Crippen LogP contribution in [0.5, 0.6) is 0 Å². The zero-order valence-electron chi connectivity index (χ0n) is 9.40. The lowest BCUT2D eigenvalue weighted by molar-refractivity contribution is -0.126. The minimum absolute atomic E-state index is 0.285. The molecule has 0 aliphatic heterocycles. The van der Waals surface area contributed by atoms with Gasteiger partial charge in [0.25, 0.3) is 0 Å². The molecule has 0 radical (unpaired) electrons. The van der Waals surface area contributed by atoms with Crippen molar-refractivity contribution in [3.8, 4) is 0 Å². The number of nitrogens with one attached hydrogen (secondary N) is 2. The van der Waals surface area contributed by atoms with Crippen molar-refractivity contribution in [1.29, 1.82) is 0 Å². The van der Waals surface area contributed by atoms with E-state index >= 15 is 0 Å². The van der Waals surface area contributed by atoms with Crippen LogP contribution in [0.1, 0.15) is 19.4 Å². The van der Waals surface area contributed by atoms with Gasteiger partial charge in [0.1, 0.15) is 5.82 Å². The van der Waals surface area contributed by atoms with Crippen molar-refractivity contribution < 1.29 is 9.18 Å². The van der Waals surface area contributed by atoms with E-state index in [0.717, 1.165) is 4.47 Å². The zero-order chi connectivity index (χ0) is 12.3. The normalized spacial score (nSPS) is 11.3. The Kier molecular flexibility index (Phi) is 4.04. The Hall–Kier alpha value is -0.940. The molecule has 1 aromatic carbocycles. The summed E-state index contributed by atoms with van der Waals surface area (Å²) >= 11 is 3.26. The number of carbonyl (C=O) groups is 1. The first kappa shape index (κ1) is 13.1. The molecule has 0 saturated heterocycles. The minimum Gasteiger partial charge on any atom is -0.291 e. The standard InChI is InChI=1S/C11H14BrFN2O/c1-11(2,10(16)15-14-3)8-6-7(12)4-5-9(8)13/h4-6,14H,1-3H3,(H,15,16). The highest BCUT2D eigenvalue weighted by Crippen LogP contribution is 2.28. The van der Waals surface area contributed by atoms with Crippen molar-refractivity contribution in [2.45, 2.75) is 19.3 Å². The molecule has 1 aromatic rings. The lowest BCUT2D eigenvalue weighted by atomic mass is 9.83. The third-order valence-electron chi connectivity index (χ3n) is 2.41. The first-order valence-electron chi connectivity index (χ1n) is 4.82. The van der Waals surface area contributed by atoms with Crippen molar-refractivity contribution in [2.75, 3.05) is 7.05 Å². The highest BCUT2D eigenvalue weighted by Gasteiger charge is 2.32. The van der Waals surface area contributed by atoms with Gasteiger partial charge in [-0.15, -0.1) is 0 Å². The quantitative estimate of drug-likeness (QED) is 0.837. The van der Waals surface area contributed by atoms with Crippen LogP contribution in [0.4, 0.5) is 4.39 Å². The van der Waals surface area contributed by atoms with E-state index in [1.165, 1.54) is 6.07 Å². The molecule has 0 atom stereocenters. The molecule has 3 nitrogen and oxygen atoms in total. The van der Waals surface area contributed by atoms with Gasteiger partial charge in [0.15, 0.2) is 0 Å². The molecular weight excluding hydrogens is 275 g/mol. The highest BCUT2D eigenvalue weighted by atomic mass is 79.9. The maximum atomic E-state index is 13.6. The smallest absolute Gasteiger partial charge is 0.244 e. The van der Waals surface area contributed by atoms with Crippen LogP contribution in [0.15, 0.2) is 22.7 Å². The van der Waals surface area contributed by atoms with Crippen LogP contribution in [0.3, 0.4) is 0 Å². The maximum absolute atomic E-state index is 13.6. The third-order valence-corrected chi connectivity index (χ3v) is 2.90. The number of carbonyl (C=O) groups excluding carboxylic acids is 1. The van der Waals surface area contributed by atoms with Gasteiger partial charge in [-0.2, -0.15) is 0 Å². The van der Waals surface area contributed by atoms with Crippen molar-refractivity contribution in [1.82, 2.24) is 10.9 Å². The summed E-state index contributed by atoms with van der Waals surface area (Å²) < 4.78 is 14.4. The van der Waals surface area contributed by atoms with E-state index in [-0.39, 0.29) is 11.7 Å². The summed E-state index contributed by atoms with van der Waals surface area (Å²) in [4.78, 5) is 11.8. The molecular formula is C11H14BrFN2O. The molecule has 5 heteroatoms. The van der Waals surface area contributed by atoms with Crippen LogP contribution in [0.25, 0.3) is 0 Å². The summed E-state index contributed by atoms with van der Waals surface area (Å²) in [6, 6.07) is 4.56. The summed E-state index contributed by atoms with van der Waals surface area (Å²) in [5, 5.41) is 0. The predicted molar refractivity (Wildman–Crippen MR) is 64.3 cm³/mol. The molecule has 1 amide bonds. The number of rotatable bonds is 3. The Bertz CT molecular complexity index is 407. The summed E-state index contributed by atoms with van der Waals surface area (Å²) in [5.41, 5.74) is 4.43. The lowest BCUT2D eigenvalue weighted by Gasteiger charge is -2.24. The second-order valence-corrected chi connectivity index (χ2v) is 4.87. The molecule has 0 aliphatic rings. The number of benzene rings is 1. The molecule has 0 saturated carbocycles. The molecule has 0 heterocycles. The molecule has 0 unspecified atom stereocenters. The molecule has 2 N–H and O–H groups in total. The van der Waals surface area contributed by atoms with Gasteiger partial charge in [-0.3, -0.25) is 10.2 Å². The third kappa shape index (κ3) is 2.59. The second-order valence-electron chi connectivity index (χ2n) is 3.95. The van der Waals surface area contributed by atoms with Crippen LogP contribution >= 0.6 is 15.9 Å². The molecule has 0 fully saturated rings. The Labute approximate surface area is 103 Å². The molecule has 0 aromatic heterocycles. The average Bonchev–Trinajstić information content (AvgIpc) is 2.22. The van der Waals surface area contributed by atoms with Gasteiger partial charge in [-0.1, -0.05) is 15.9 Å². The summed E-state index contributed by atoms with van der Waals surface area (Å²) in [5.74, 6) is -0.675. The van der Waals surface area contributed by atoms with Crippen LogP contribution in [-0.4, -0.2) is 13.0 Å². The topological polar surface area (TPSA) is 41.1 Å². The second kappa shape index (κ2) is 4.93. The van der Waals surface area contributed by atoms with Crippen molar-refractivity contribution in [2.24, 2.45) is 0 Å². The largest absolute Gasteiger partial charge is 0.291 e. The van der Waals surface area contributed by atoms with E-state index < -0.39 is 5.41 Å². The lowest BCUT2D eigenvalue weighted by Crippen LogP contribution is -2.45. The first-order valence-corrected chi connectivity index (χ1v) is 5.61. The molecule has 88 valence electrons. The fraction of sp³-hybridized carbons (Fsp3) is 0.364. The predicted octanol–water partition coefficient (Wildman–Crippen LogP) is 2.12. The molecule has 1 rings (SSSR count). The van der Waals surface area contributed by atoms with Gasteiger partial charge in [-0.25, -0.2) is 9.82 Å². The molecule has 16 heavy (non-hydrogen) atoms. The van der Waals surface area contributed by atoms with Gasteiger partial charge in [-0.05, 0) is 32.0 Å². The number of hydrogen-bond donors (Lipinski definition) is 2. The minimum atomic E-state index is -0.934. The van der Waals surface area contributed by atoms with E-state index in [9.17, 15) is 9.18 Å². The number of hydrogen-bond acceptors (Lipinski definition) is 2. The van der Waals surface area contributed by atoms with E-state index in [2.05, 4.69) is 26.8 Å². The summed E-state index contributed by atoms with van der Waals surface area (Å²) in [6.07, 6.45) is 0. The fourth-order valence-corrected chi connectivity index (χ4v) is 1.73. The molecule has 0 aliphatic carbocycles. The fourth-order valence-electron chi connectivity index (χ4n) is 1.37. The van der Waals surface area contributed by atoms with E-state index in [1.54, 1.807) is 33.0 Å². The zero-order valence-corrected chi connectivity index (χ0v) is 11.0. The van der Waals surface area contributed by atoms with Crippen LogP contribution in [0.2, 0.25) is 0 Å². The van der Waals surface area contributed by atoms with Crippen LogP contribution < -0.4 is 10.9 Å². The van der Waals surface area contributed by atoms with Gasteiger partial charge >= 0.3 is 0 Å². The van der Waals surface area contributed by atoms with Crippen molar-refractivity contribution in [3.05, 3.63) is 34.1 Å². The Balaban J connectivity index is 3.15. The summed E-state index contributed by atoms with van der Waals surface area (Å²) in [7, 11) is 1.59. The van der Waals surface area contributed by atoms with E-state index in [4.69, 9.17) is 0 Å². The Morgan fingerprint density at radius 3 is 2.62 bits per heavy atom. The van der Waals surface area contributed by atoms with Crippen molar-refractivity contribution >= 4 is 21.8 Å². The number of halogens is 2.